The Morgan fingerprint density at radius 3 is 2.55 bits per heavy atom. The van der Waals surface area contributed by atoms with Gasteiger partial charge in [0, 0.05) is 11.1 Å². The van der Waals surface area contributed by atoms with Crippen molar-refractivity contribution in [2.75, 3.05) is 4.90 Å². The predicted molar refractivity (Wildman–Crippen MR) is 112 cm³/mol. The average molecular weight is 407 g/mol. The van der Waals surface area contributed by atoms with Gasteiger partial charge in [0.05, 0.1) is 22.8 Å². The van der Waals surface area contributed by atoms with E-state index in [0.29, 0.717) is 21.8 Å². The van der Waals surface area contributed by atoms with E-state index < -0.39 is 17.9 Å². The normalized spacial score (nSPS) is 16.2. The Balaban J connectivity index is 1.85. The summed E-state index contributed by atoms with van der Waals surface area (Å²) in [5, 5.41) is 1.82. The average Bonchev–Trinajstić information content (AvgIpc) is 3.15. The van der Waals surface area contributed by atoms with Crippen LogP contribution in [-0.2, 0) is 11.3 Å². The summed E-state index contributed by atoms with van der Waals surface area (Å²) in [7, 11) is 0. The SMILES string of the molecule is CC(=O)c1sccc1CN1C(=O)C(N)N=C(c2ccccc2F)c2ccccc21. The summed E-state index contributed by atoms with van der Waals surface area (Å²) in [6.07, 6.45) is -1.18. The highest BCUT2D eigenvalue weighted by Crippen LogP contribution is 2.31. The quantitative estimate of drug-likeness (QED) is 0.669. The number of aliphatic imine (C=N–C) groups is 1. The highest BCUT2D eigenvalue weighted by atomic mass is 32.1. The predicted octanol–water partition coefficient (Wildman–Crippen LogP) is 3.76. The number of anilines is 1. The van der Waals surface area contributed by atoms with E-state index >= 15 is 0 Å². The number of benzodiazepines with no additional fused rings is 1. The number of carbonyl (C=O) groups excluding carboxylic acids is 2. The molecule has 0 bridgehead atoms. The van der Waals surface area contributed by atoms with E-state index in [0.717, 1.165) is 5.56 Å². The van der Waals surface area contributed by atoms with Crippen LogP contribution in [0, 0.1) is 5.82 Å². The maximum absolute atomic E-state index is 14.5. The van der Waals surface area contributed by atoms with Crippen molar-refractivity contribution in [3.05, 3.63) is 87.4 Å². The van der Waals surface area contributed by atoms with Gasteiger partial charge < -0.3 is 10.6 Å². The second kappa shape index (κ2) is 7.69. The number of hydrogen-bond acceptors (Lipinski definition) is 5. The lowest BCUT2D eigenvalue weighted by Gasteiger charge is -2.24. The zero-order valence-corrected chi connectivity index (χ0v) is 16.4. The molecule has 0 saturated carbocycles. The van der Waals surface area contributed by atoms with Crippen LogP contribution in [0.25, 0.3) is 0 Å². The molecule has 5 nitrogen and oxygen atoms in total. The summed E-state index contributed by atoms with van der Waals surface area (Å²) in [6.45, 7) is 1.68. The molecule has 4 rings (SSSR count). The van der Waals surface area contributed by atoms with Crippen LogP contribution in [0.1, 0.15) is 33.3 Å². The number of thiophene rings is 1. The van der Waals surface area contributed by atoms with Crippen molar-refractivity contribution in [3.8, 4) is 0 Å². The molecule has 146 valence electrons. The Bertz CT molecular complexity index is 1140. The third-order valence-electron chi connectivity index (χ3n) is 4.76. The first-order valence-corrected chi connectivity index (χ1v) is 9.91. The fourth-order valence-corrected chi connectivity index (χ4v) is 4.24. The van der Waals surface area contributed by atoms with E-state index in [1.807, 2.05) is 11.4 Å². The first-order chi connectivity index (χ1) is 14.0. The number of rotatable bonds is 4. The molecule has 2 heterocycles. The van der Waals surface area contributed by atoms with E-state index in [-0.39, 0.29) is 17.9 Å². The van der Waals surface area contributed by atoms with Crippen LogP contribution < -0.4 is 10.6 Å². The summed E-state index contributed by atoms with van der Waals surface area (Å²) < 4.78 is 14.5. The van der Waals surface area contributed by atoms with Crippen LogP contribution in [0.2, 0.25) is 0 Å². The van der Waals surface area contributed by atoms with Gasteiger partial charge in [0.25, 0.3) is 5.91 Å². The first-order valence-electron chi connectivity index (χ1n) is 9.03. The monoisotopic (exact) mass is 407 g/mol. The summed E-state index contributed by atoms with van der Waals surface area (Å²) in [6, 6.07) is 15.3. The molecular formula is C22H18FN3O2S. The number of hydrogen-bond donors (Lipinski definition) is 1. The minimum Gasteiger partial charge on any atom is -0.304 e. The summed E-state index contributed by atoms with van der Waals surface area (Å²) in [4.78, 5) is 31.5. The molecule has 0 fully saturated rings. The molecule has 3 aromatic rings. The molecule has 1 aromatic heterocycles. The molecule has 2 aromatic carbocycles. The Labute approximate surface area is 171 Å². The molecule has 7 heteroatoms. The van der Waals surface area contributed by atoms with E-state index in [9.17, 15) is 14.0 Å². The number of amides is 1. The summed E-state index contributed by atoms with van der Waals surface area (Å²) in [5.74, 6) is -0.909. The first kappa shape index (κ1) is 19.2. The van der Waals surface area contributed by atoms with Crippen LogP contribution in [0.5, 0.6) is 0 Å². The van der Waals surface area contributed by atoms with Crippen molar-refractivity contribution in [1.29, 1.82) is 0 Å². The second-order valence-electron chi connectivity index (χ2n) is 6.68. The molecule has 0 spiro atoms. The zero-order chi connectivity index (χ0) is 20.5. The van der Waals surface area contributed by atoms with Crippen LogP contribution in [0.15, 0.2) is 65.0 Å². The molecular weight excluding hydrogens is 389 g/mol. The van der Waals surface area contributed by atoms with E-state index in [2.05, 4.69) is 4.99 Å². The van der Waals surface area contributed by atoms with Crippen LogP contribution in [-0.4, -0.2) is 23.6 Å². The lowest BCUT2D eigenvalue weighted by Crippen LogP contribution is -2.42. The van der Waals surface area contributed by atoms with Gasteiger partial charge in [0.2, 0.25) is 0 Å². The van der Waals surface area contributed by atoms with Crippen molar-refractivity contribution in [1.82, 2.24) is 0 Å². The minimum atomic E-state index is -1.18. The molecule has 0 saturated heterocycles. The Kier molecular flexibility index (Phi) is 5.08. The van der Waals surface area contributed by atoms with E-state index in [1.165, 1.54) is 29.2 Å². The fraction of sp³-hybridized carbons (Fsp3) is 0.136. The molecule has 1 atom stereocenters. The lowest BCUT2D eigenvalue weighted by molar-refractivity contribution is -0.119. The largest absolute Gasteiger partial charge is 0.304 e. The molecule has 1 aliphatic rings. The van der Waals surface area contributed by atoms with Gasteiger partial charge in [0.15, 0.2) is 11.9 Å². The van der Waals surface area contributed by atoms with Crippen LogP contribution in [0.4, 0.5) is 10.1 Å². The topological polar surface area (TPSA) is 75.8 Å². The highest BCUT2D eigenvalue weighted by molar-refractivity contribution is 7.12. The third kappa shape index (κ3) is 3.50. The number of Topliss-reactive ketones (excluding diaryl/α,β-unsaturated/α-hetero) is 1. The van der Waals surface area contributed by atoms with Gasteiger partial charge in [0.1, 0.15) is 5.82 Å². The summed E-state index contributed by atoms with van der Waals surface area (Å²) in [5.41, 5.74) is 8.63. The maximum Gasteiger partial charge on any atom is 0.266 e. The van der Waals surface area contributed by atoms with Gasteiger partial charge in [-0.05, 0) is 42.1 Å². The van der Waals surface area contributed by atoms with E-state index in [1.54, 1.807) is 42.5 Å². The van der Waals surface area contributed by atoms with Crippen molar-refractivity contribution in [2.45, 2.75) is 19.6 Å². The lowest BCUT2D eigenvalue weighted by atomic mass is 9.99. The number of benzene rings is 2. The molecule has 1 amide bonds. The molecule has 0 aliphatic carbocycles. The van der Waals surface area contributed by atoms with Crippen molar-refractivity contribution in [3.63, 3.8) is 0 Å². The highest BCUT2D eigenvalue weighted by Gasteiger charge is 2.31. The van der Waals surface area contributed by atoms with Crippen LogP contribution >= 0.6 is 11.3 Å². The number of para-hydroxylation sites is 1. The number of carbonyl (C=O) groups is 2. The third-order valence-corrected chi connectivity index (χ3v) is 5.82. The number of fused-ring (bicyclic) bond motifs is 1. The van der Waals surface area contributed by atoms with Gasteiger partial charge in [-0.15, -0.1) is 11.3 Å². The Morgan fingerprint density at radius 2 is 1.83 bits per heavy atom. The zero-order valence-electron chi connectivity index (χ0n) is 15.6. The van der Waals surface area contributed by atoms with Gasteiger partial charge in [-0.25, -0.2) is 4.39 Å². The van der Waals surface area contributed by atoms with Crippen molar-refractivity contribution >= 4 is 34.4 Å². The van der Waals surface area contributed by atoms with Gasteiger partial charge in [-0.2, -0.15) is 0 Å². The Morgan fingerprint density at radius 1 is 1.14 bits per heavy atom. The standard InChI is InChI=1S/C22H18FN3O2S/c1-13(27)20-14(10-11-29-20)12-26-18-9-5-3-7-16(18)19(25-21(24)22(26)28)15-6-2-4-8-17(15)23/h2-11,21H,12,24H2,1H3. The van der Waals surface area contributed by atoms with Crippen LogP contribution in [0.3, 0.4) is 0 Å². The fourth-order valence-electron chi connectivity index (χ4n) is 3.42. The van der Waals surface area contributed by atoms with Gasteiger partial charge in [-0.1, -0.05) is 30.3 Å². The number of nitrogens with two attached hydrogens (primary N) is 1. The smallest absolute Gasteiger partial charge is 0.266 e. The number of nitrogens with zero attached hydrogens (tertiary/aromatic N) is 2. The van der Waals surface area contributed by atoms with Crippen molar-refractivity contribution < 1.29 is 14.0 Å². The van der Waals surface area contributed by atoms with E-state index in [4.69, 9.17) is 5.73 Å². The minimum absolute atomic E-state index is 0.0573. The Hall–Kier alpha value is -3.16. The van der Waals surface area contributed by atoms with Gasteiger partial charge in [-0.3, -0.25) is 14.6 Å². The number of halogens is 1. The summed E-state index contributed by atoms with van der Waals surface area (Å²) >= 11 is 1.34. The maximum atomic E-state index is 14.5. The van der Waals surface area contributed by atoms with Crippen molar-refractivity contribution in [2.24, 2.45) is 10.7 Å². The molecule has 1 unspecified atom stereocenters. The molecule has 29 heavy (non-hydrogen) atoms. The van der Waals surface area contributed by atoms with Gasteiger partial charge >= 0.3 is 0 Å². The molecule has 2 N–H and O–H groups in total. The second-order valence-corrected chi connectivity index (χ2v) is 7.59. The molecule has 0 radical (unpaired) electrons. The molecule has 1 aliphatic heterocycles. The number of ketones is 1.